The van der Waals surface area contributed by atoms with Crippen LogP contribution in [-0.4, -0.2) is 42.6 Å². The van der Waals surface area contributed by atoms with Crippen molar-refractivity contribution in [3.05, 3.63) is 59.7 Å². The molecule has 1 aliphatic carbocycles. The highest BCUT2D eigenvalue weighted by molar-refractivity contribution is 5.94. The second-order valence-electron chi connectivity index (χ2n) is 10.7. The van der Waals surface area contributed by atoms with Crippen LogP contribution < -0.4 is 15.5 Å². The number of hydrogen-bond donors (Lipinski definition) is 2. The Morgan fingerprint density at radius 3 is 2.29 bits per heavy atom. The smallest absolute Gasteiger partial charge is 0.251 e. The highest BCUT2D eigenvalue weighted by Crippen LogP contribution is 2.28. The Morgan fingerprint density at radius 1 is 0.971 bits per heavy atom. The molecular weight excluding hydrogens is 422 g/mol. The summed E-state index contributed by atoms with van der Waals surface area (Å²) in [4.78, 5) is 24.2. The number of carbonyl (C=O) groups is 1. The normalized spacial score (nSPS) is 18.5. The lowest BCUT2D eigenvalue weighted by Gasteiger charge is -2.29. The van der Waals surface area contributed by atoms with Gasteiger partial charge in [-0.2, -0.15) is 4.98 Å². The van der Waals surface area contributed by atoms with Gasteiger partial charge in [-0.15, -0.1) is 0 Å². The van der Waals surface area contributed by atoms with Crippen molar-refractivity contribution in [2.24, 2.45) is 5.92 Å². The third-order valence-corrected chi connectivity index (χ3v) is 6.75. The molecule has 0 atom stereocenters. The number of hydrogen-bond acceptors (Lipinski definition) is 5. The summed E-state index contributed by atoms with van der Waals surface area (Å²) in [6.45, 7) is 7.27. The first-order valence-electron chi connectivity index (χ1n) is 12.3. The summed E-state index contributed by atoms with van der Waals surface area (Å²) in [6.07, 6.45) is 4.26. The molecule has 0 unspecified atom stereocenters. The zero-order valence-electron chi connectivity index (χ0n) is 21.1. The van der Waals surface area contributed by atoms with Gasteiger partial charge in [0.05, 0.1) is 5.52 Å². The summed E-state index contributed by atoms with van der Waals surface area (Å²) in [5, 5.41) is 7.76. The third-order valence-electron chi connectivity index (χ3n) is 6.75. The fourth-order valence-corrected chi connectivity index (χ4v) is 4.62. The van der Waals surface area contributed by atoms with Crippen LogP contribution in [0.2, 0.25) is 0 Å². The molecule has 0 saturated heterocycles. The summed E-state index contributed by atoms with van der Waals surface area (Å²) in [5.41, 5.74) is 3.01. The summed E-state index contributed by atoms with van der Waals surface area (Å²) in [6, 6.07) is 16.5. The summed E-state index contributed by atoms with van der Waals surface area (Å²) < 4.78 is 0. The number of rotatable bonds is 6. The van der Waals surface area contributed by atoms with E-state index in [2.05, 4.69) is 49.6 Å². The van der Waals surface area contributed by atoms with E-state index >= 15 is 0 Å². The summed E-state index contributed by atoms with van der Waals surface area (Å²) in [5.74, 6) is 2.14. The van der Waals surface area contributed by atoms with Gasteiger partial charge < -0.3 is 15.5 Å². The Morgan fingerprint density at radius 2 is 1.65 bits per heavy atom. The molecule has 0 spiro atoms. The summed E-state index contributed by atoms with van der Waals surface area (Å²) >= 11 is 0. The van der Waals surface area contributed by atoms with Crippen LogP contribution in [0.1, 0.15) is 62.4 Å². The first-order valence-corrected chi connectivity index (χ1v) is 12.3. The molecule has 1 saturated carbocycles. The fraction of sp³-hybridized carbons (Fsp3) is 0.464. The van der Waals surface area contributed by atoms with E-state index in [0.29, 0.717) is 17.9 Å². The number of nitrogens with zero attached hydrogens (tertiary/aromatic N) is 3. The molecule has 6 heteroatoms. The van der Waals surface area contributed by atoms with Crippen molar-refractivity contribution in [1.29, 1.82) is 0 Å². The van der Waals surface area contributed by atoms with E-state index < -0.39 is 0 Å². The quantitative estimate of drug-likeness (QED) is 0.517. The van der Waals surface area contributed by atoms with Gasteiger partial charge in [-0.3, -0.25) is 4.79 Å². The van der Waals surface area contributed by atoms with Gasteiger partial charge in [0.25, 0.3) is 5.91 Å². The highest BCUT2D eigenvalue weighted by atomic mass is 16.1. The van der Waals surface area contributed by atoms with Gasteiger partial charge in [-0.05, 0) is 66.8 Å². The number of anilines is 2. The molecule has 2 aromatic carbocycles. The SMILES string of the molecule is CN(C)c1nc(NC2CCC(CNC(=O)c3ccc(C(C)(C)C)cc3)CC2)nc2ccccc12. The van der Waals surface area contributed by atoms with Gasteiger partial charge in [-0.25, -0.2) is 4.98 Å². The maximum absolute atomic E-state index is 12.6. The lowest BCUT2D eigenvalue weighted by atomic mass is 9.86. The predicted molar refractivity (Wildman–Crippen MR) is 141 cm³/mol. The molecular formula is C28H37N5O. The lowest BCUT2D eigenvalue weighted by molar-refractivity contribution is 0.0943. The fourth-order valence-electron chi connectivity index (χ4n) is 4.62. The minimum absolute atomic E-state index is 0.0153. The largest absolute Gasteiger partial charge is 0.362 e. The summed E-state index contributed by atoms with van der Waals surface area (Å²) in [7, 11) is 4.02. The van der Waals surface area contributed by atoms with Gasteiger partial charge in [0.15, 0.2) is 0 Å². The van der Waals surface area contributed by atoms with Crippen LogP contribution in [0.15, 0.2) is 48.5 Å². The molecule has 0 radical (unpaired) electrons. The van der Waals surface area contributed by atoms with Crippen molar-refractivity contribution in [2.45, 2.75) is 57.9 Å². The van der Waals surface area contributed by atoms with E-state index in [1.807, 2.05) is 49.3 Å². The number of amides is 1. The Hall–Kier alpha value is -3.15. The minimum Gasteiger partial charge on any atom is -0.362 e. The Bertz CT molecular complexity index is 1130. The van der Waals surface area contributed by atoms with Gasteiger partial charge >= 0.3 is 0 Å². The molecule has 34 heavy (non-hydrogen) atoms. The van der Waals surface area contributed by atoms with E-state index in [1.54, 1.807) is 0 Å². The van der Waals surface area contributed by atoms with Gasteiger partial charge in [0.1, 0.15) is 5.82 Å². The van der Waals surface area contributed by atoms with Crippen LogP contribution in [0.3, 0.4) is 0 Å². The maximum Gasteiger partial charge on any atom is 0.251 e. The average molecular weight is 460 g/mol. The minimum atomic E-state index is 0.0153. The van der Waals surface area contributed by atoms with Crippen molar-refractivity contribution in [1.82, 2.24) is 15.3 Å². The number of benzene rings is 2. The predicted octanol–water partition coefficient (Wildman–Crippen LogP) is 5.39. The van der Waals surface area contributed by atoms with Crippen molar-refractivity contribution in [3.63, 3.8) is 0 Å². The molecule has 1 aromatic heterocycles. The Kier molecular flexibility index (Phi) is 7.05. The highest BCUT2D eigenvalue weighted by Gasteiger charge is 2.23. The van der Waals surface area contributed by atoms with Gasteiger partial charge in [0, 0.05) is 37.6 Å². The molecule has 6 nitrogen and oxygen atoms in total. The first-order chi connectivity index (χ1) is 16.2. The molecule has 3 aromatic rings. The van der Waals surface area contributed by atoms with Crippen LogP contribution in [0, 0.1) is 5.92 Å². The second-order valence-corrected chi connectivity index (χ2v) is 10.7. The molecule has 180 valence electrons. The number of nitrogens with one attached hydrogen (secondary N) is 2. The number of fused-ring (bicyclic) bond motifs is 1. The first kappa shape index (κ1) is 24.0. The number of aromatic nitrogens is 2. The van der Waals surface area contributed by atoms with Crippen molar-refractivity contribution >= 4 is 28.6 Å². The number of para-hydroxylation sites is 1. The van der Waals surface area contributed by atoms with E-state index in [0.717, 1.165) is 54.5 Å². The van der Waals surface area contributed by atoms with Crippen LogP contribution in [0.4, 0.5) is 11.8 Å². The van der Waals surface area contributed by atoms with E-state index in [9.17, 15) is 4.79 Å². The van der Waals surface area contributed by atoms with Gasteiger partial charge in [-0.1, -0.05) is 45.0 Å². The Labute approximate surface area is 203 Å². The van der Waals surface area contributed by atoms with E-state index in [4.69, 9.17) is 9.97 Å². The second kappa shape index (κ2) is 10.00. The third kappa shape index (κ3) is 5.66. The lowest BCUT2D eigenvalue weighted by Crippen LogP contribution is -2.34. The van der Waals surface area contributed by atoms with Gasteiger partial charge in [0.2, 0.25) is 5.95 Å². The van der Waals surface area contributed by atoms with E-state index in [1.165, 1.54) is 5.56 Å². The molecule has 1 amide bonds. The topological polar surface area (TPSA) is 70.2 Å². The van der Waals surface area contributed by atoms with Crippen LogP contribution in [-0.2, 0) is 5.41 Å². The average Bonchev–Trinajstić information content (AvgIpc) is 2.82. The van der Waals surface area contributed by atoms with Crippen molar-refractivity contribution < 1.29 is 4.79 Å². The zero-order valence-corrected chi connectivity index (χ0v) is 21.1. The van der Waals surface area contributed by atoms with E-state index in [-0.39, 0.29) is 11.3 Å². The Balaban J connectivity index is 1.29. The molecule has 2 N–H and O–H groups in total. The molecule has 1 aliphatic rings. The van der Waals surface area contributed by atoms with Crippen LogP contribution in [0.25, 0.3) is 10.9 Å². The molecule has 4 rings (SSSR count). The van der Waals surface area contributed by atoms with Crippen molar-refractivity contribution in [3.8, 4) is 0 Å². The van der Waals surface area contributed by atoms with Crippen LogP contribution >= 0.6 is 0 Å². The molecule has 1 heterocycles. The molecule has 0 aliphatic heterocycles. The maximum atomic E-state index is 12.6. The number of carbonyl (C=O) groups excluding carboxylic acids is 1. The van der Waals surface area contributed by atoms with Crippen molar-refractivity contribution in [2.75, 3.05) is 30.9 Å². The molecule has 1 fully saturated rings. The molecule has 0 bridgehead atoms. The standard InChI is InChI=1S/C28H37N5O/c1-28(2,3)21-14-12-20(13-15-21)26(34)29-18-19-10-16-22(17-11-19)30-27-31-24-9-7-6-8-23(24)25(32-27)33(4)5/h6-9,12-15,19,22H,10-11,16-18H2,1-5H3,(H,29,34)(H,30,31,32). The zero-order chi connectivity index (χ0) is 24.3. The van der Waals surface area contributed by atoms with Crippen LogP contribution in [0.5, 0.6) is 0 Å². The monoisotopic (exact) mass is 459 g/mol.